The van der Waals surface area contributed by atoms with Crippen molar-refractivity contribution in [2.24, 2.45) is 0 Å². The molecule has 0 amide bonds. The summed E-state index contributed by atoms with van der Waals surface area (Å²) >= 11 is 0. The Morgan fingerprint density at radius 1 is 0.889 bits per heavy atom. The Bertz CT molecular complexity index is 345. The molecular weight excluding hydrogens is 402 g/mol. The van der Waals surface area contributed by atoms with Crippen LogP contribution in [-0.2, 0) is 9.53 Å². The van der Waals surface area contributed by atoms with Crippen molar-refractivity contribution in [3.63, 3.8) is 0 Å². The molecule has 0 aromatic rings. The summed E-state index contributed by atoms with van der Waals surface area (Å²) in [6.07, 6.45) is 20.5. The number of rotatable bonds is 19. The van der Waals surface area contributed by atoms with Crippen LogP contribution in [0, 0.1) is 0 Å². The number of ether oxygens (including phenoxy) is 1. The first-order valence-electron chi connectivity index (χ1n) is 11.1. The normalized spacial score (nSPS) is 11.1. The molecule has 0 saturated heterocycles. The number of hydrogen-bond acceptors (Lipinski definition) is 3. The summed E-state index contributed by atoms with van der Waals surface area (Å²) in [6, 6.07) is 0. The van der Waals surface area contributed by atoms with Crippen molar-refractivity contribution < 1.29 is 9.53 Å². The topological polar surface area (TPSA) is 38.3 Å². The van der Waals surface area contributed by atoms with Gasteiger partial charge in [0.1, 0.15) is 6.61 Å². The molecule has 0 heterocycles. The molecule has 0 radical (unpaired) electrons. The lowest BCUT2D eigenvalue weighted by Gasteiger charge is -2.26. The predicted octanol–water partition coefficient (Wildman–Crippen LogP) is 7.14. The fourth-order valence-corrected chi connectivity index (χ4v) is 3.27. The monoisotopic (exact) mass is 447 g/mol. The van der Waals surface area contributed by atoms with Crippen LogP contribution in [0.1, 0.15) is 111 Å². The van der Waals surface area contributed by atoms with Crippen molar-refractivity contribution in [1.29, 1.82) is 0 Å². The summed E-state index contributed by atoms with van der Waals surface area (Å²) < 4.78 is 4.99. The van der Waals surface area contributed by atoms with E-state index in [0.29, 0.717) is 13.2 Å². The number of halogens is 1. The van der Waals surface area contributed by atoms with Gasteiger partial charge in [-0.25, -0.2) is 4.79 Å². The average molecular weight is 449 g/mol. The largest absolute Gasteiger partial charge is 0.461 e. The van der Waals surface area contributed by atoms with Crippen LogP contribution >= 0.6 is 17.0 Å². The Kier molecular flexibility index (Phi) is 21.8. The van der Waals surface area contributed by atoms with Crippen LogP contribution in [-0.4, -0.2) is 24.7 Å². The first-order valence-corrected chi connectivity index (χ1v) is 11.1. The molecule has 4 heteroatoms. The third-order valence-electron chi connectivity index (χ3n) is 5.02. The molecule has 0 aromatic carbocycles. The Hall–Kier alpha value is -0.350. The summed E-state index contributed by atoms with van der Waals surface area (Å²) in [4.78, 5) is 11.0. The van der Waals surface area contributed by atoms with Crippen LogP contribution in [0.25, 0.3) is 0 Å². The average Bonchev–Trinajstić information content (AvgIpc) is 2.62. The Balaban J connectivity index is 0. The maximum Gasteiger partial charge on any atom is 0.330 e. The molecule has 0 rings (SSSR count). The lowest BCUT2D eigenvalue weighted by molar-refractivity contribution is -0.137. The molecule has 3 nitrogen and oxygen atoms in total. The van der Waals surface area contributed by atoms with Gasteiger partial charge in [-0.15, -0.1) is 17.0 Å². The van der Waals surface area contributed by atoms with E-state index in [1.807, 2.05) is 0 Å². The zero-order chi connectivity index (χ0) is 19.5. The minimum Gasteiger partial charge on any atom is -0.461 e. The quantitative estimate of drug-likeness (QED) is 0.130. The second kappa shape index (κ2) is 20.4. The number of esters is 1. The number of nitrogens with one attached hydrogen (secondary N) is 1. The molecule has 0 aliphatic heterocycles. The molecule has 0 aromatic heterocycles. The minimum absolute atomic E-state index is 0. The minimum atomic E-state index is -0.346. The van der Waals surface area contributed by atoms with Crippen LogP contribution in [0.2, 0.25) is 0 Å². The third kappa shape index (κ3) is 21.8. The van der Waals surface area contributed by atoms with E-state index >= 15 is 0 Å². The van der Waals surface area contributed by atoms with Gasteiger partial charge in [-0.1, -0.05) is 97.0 Å². The Morgan fingerprint density at radius 3 is 1.78 bits per heavy atom. The van der Waals surface area contributed by atoms with Crippen molar-refractivity contribution in [1.82, 2.24) is 5.32 Å². The molecule has 0 fully saturated rings. The van der Waals surface area contributed by atoms with E-state index in [9.17, 15) is 4.79 Å². The summed E-state index contributed by atoms with van der Waals surface area (Å²) in [5, 5.41) is 3.47. The van der Waals surface area contributed by atoms with E-state index in [1.54, 1.807) is 0 Å². The number of carbonyl (C=O) groups is 1. The standard InChI is InChI=1S/C23H45NO2.BrH/c1-5-7-8-9-10-11-12-13-14-15-16-17-18-19-23(3,4)24-20-21-26-22(25)6-2;/h6,24H,2,5,7-21H2,1,3-4H3;1H. The van der Waals surface area contributed by atoms with E-state index in [1.165, 1.54) is 96.0 Å². The lowest BCUT2D eigenvalue weighted by Crippen LogP contribution is -2.41. The van der Waals surface area contributed by atoms with Gasteiger partial charge in [0.15, 0.2) is 0 Å². The molecule has 0 unspecified atom stereocenters. The van der Waals surface area contributed by atoms with Crippen molar-refractivity contribution in [3.8, 4) is 0 Å². The van der Waals surface area contributed by atoms with Crippen LogP contribution in [0.15, 0.2) is 12.7 Å². The Labute approximate surface area is 179 Å². The summed E-state index contributed by atoms with van der Waals surface area (Å²) in [5.41, 5.74) is 0.109. The van der Waals surface area contributed by atoms with Crippen LogP contribution < -0.4 is 5.32 Å². The van der Waals surface area contributed by atoms with Crippen molar-refractivity contribution in [2.45, 2.75) is 116 Å². The van der Waals surface area contributed by atoms with Crippen LogP contribution in [0.5, 0.6) is 0 Å². The molecule has 0 aliphatic rings. The zero-order valence-electron chi connectivity index (χ0n) is 18.3. The molecule has 0 aliphatic carbocycles. The van der Waals surface area contributed by atoms with E-state index in [2.05, 4.69) is 32.7 Å². The highest BCUT2D eigenvalue weighted by atomic mass is 79.9. The molecule has 0 spiro atoms. The van der Waals surface area contributed by atoms with Crippen molar-refractivity contribution in [2.75, 3.05) is 13.2 Å². The molecule has 0 atom stereocenters. The maximum absolute atomic E-state index is 11.0. The maximum atomic E-state index is 11.0. The fourth-order valence-electron chi connectivity index (χ4n) is 3.27. The smallest absolute Gasteiger partial charge is 0.330 e. The fraction of sp³-hybridized carbons (Fsp3) is 0.870. The first kappa shape index (κ1) is 28.9. The van der Waals surface area contributed by atoms with E-state index in [4.69, 9.17) is 4.74 Å². The Morgan fingerprint density at radius 2 is 1.33 bits per heavy atom. The van der Waals surface area contributed by atoms with Crippen LogP contribution in [0.4, 0.5) is 0 Å². The van der Waals surface area contributed by atoms with Gasteiger partial charge in [-0.3, -0.25) is 0 Å². The molecule has 0 bridgehead atoms. The highest BCUT2D eigenvalue weighted by Crippen LogP contribution is 2.16. The molecule has 1 N–H and O–H groups in total. The number of hydrogen-bond donors (Lipinski definition) is 1. The number of unbranched alkanes of at least 4 members (excludes halogenated alkanes) is 12. The van der Waals surface area contributed by atoms with Crippen molar-refractivity contribution >= 4 is 23.0 Å². The van der Waals surface area contributed by atoms with Crippen molar-refractivity contribution in [3.05, 3.63) is 12.7 Å². The van der Waals surface area contributed by atoms with E-state index < -0.39 is 0 Å². The van der Waals surface area contributed by atoms with Gasteiger partial charge in [0.25, 0.3) is 0 Å². The van der Waals surface area contributed by atoms with E-state index in [-0.39, 0.29) is 28.5 Å². The van der Waals surface area contributed by atoms with Gasteiger partial charge < -0.3 is 10.1 Å². The van der Waals surface area contributed by atoms with E-state index in [0.717, 1.165) is 0 Å². The SMILES string of the molecule is Br.C=CC(=O)OCCNC(C)(C)CCCCCCCCCCCCCCC. The van der Waals surface area contributed by atoms with Gasteiger partial charge >= 0.3 is 5.97 Å². The molecular formula is C23H46BrNO2. The van der Waals surface area contributed by atoms with Crippen LogP contribution in [0.3, 0.4) is 0 Å². The molecule has 27 heavy (non-hydrogen) atoms. The first-order chi connectivity index (χ1) is 12.5. The summed E-state index contributed by atoms with van der Waals surface area (Å²) in [5.74, 6) is -0.346. The predicted molar refractivity (Wildman–Crippen MR) is 124 cm³/mol. The van der Waals surface area contributed by atoms with Gasteiger partial charge in [0.05, 0.1) is 0 Å². The summed E-state index contributed by atoms with van der Waals surface area (Å²) in [7, 11) is 0. The van der Waals surface area contributed by atoms with Gasteiger partial charge in [0.2, 0.25) is 0 Å². The summed E-state index contributed by atoms with van der Waals surface area (Å²) in [6.45, 7) is 11.2. The second-order valence-corrected chi connectivity index (χ2v) is 8.17. The second-order valence-electron chi connectivity index (χ2n) is 8.17. The van der Waals surface area contributed by atoms with Gasteiger partial charge in [-0.2, -0.15) is 0 Å². The third-order valence-corrected chi connectivity index (χ3v) is 5.02. The molecule has 0 saturated carbocycles. The highest BCUT2D eigenvalue weighted by molar-refractivity contribution is 8.93. The zero-order valence-corrected chi connectivity index (χ0v) is 20.0. The van der Waals surface area contributed by atoms with Gasteiger partial charge in [-0.05, 0) is 20.3 Å². The highest BCUT2D eigenvalue weighted by Gasteiger charge is 2.15. The van der Waals surface area contributed by atoms with Gasteiger partial charge in [0, 0.05) is 18.2 Å². The lowest BCUT2D eigenvalue weighted by atomic mass is 9.96. The molecule has 162 valence electrons. The number of carbonyl (C=O) groups excluding carboxylic acids is 1.